The van der Waals surface area contributed by atoms with Crippen LogP contribution >= 0.6 is 0 Å². The first-order valence-electron chi connectivity index (χ1n) is 3.07. The van der Waals surface area contributed by atoms with Crippen LogP contribution < -0.4 is 10.9 Å². The summed E-state index contributed by atoms with van der Waals surface area (Å²) in [6, 6.07) is 0. The van der Waals surface area contributed by atoms with E-state index in [9.17, 15) is 4.79 Å². The van der Waals surface area contributed by atoms with Crippen molar-refractivity contribution in [1.29, 1.82) is 0 Å². The molecule has 0 aliphatic heterocycles. The van der Waals surface area contributed by atoms with Crippen molar-refractivity contribution >= 4 is 6.41 Å². The van der Waals surface area contributed by atoms with Gasteiger partial charge in [0.05, 0.1) is 0 Å². The van der Waals surface area contributed by atoms with E-state index in [1.165, 1.54) is 6.42 Å². The minimum Gasteiger partial charge on any atom is -0.303 e. The summed E-state index contributed by atoms with van der Waals surface area (Å²) in [6.07, 6.45) is 6.11. The number of rotatable bonds is 3. The lowest BCUT2D eigenvalue weighted by molar-refractivity contribution is -0.110. The molecule has 0 heterocycles. The van der Waals surface area contributed by atoms with Crippen LogP contribution in [0.2, 0.25) is 0 Å². The van der Waals surface area contributed by atoms with E-state index in [1.807, 2.05) is 0 Å². The predicted octanol–water partition coefficient (Wildman–Crippen LogP) is 0.305. The summed E-state index contributed by atoms with van der Waals surface area (Å²) in [5.41, 5.74) is 6.29. The normalized spacial score (nSPS) is 16.7. The van der Waals surface area contributed by atoms with Crippen molar-refractivity contribution in [2.75, 3.05) is 0 Å². The van der Waals surface area contributed by atoms with Gasteiger partial charge in [-0.15, -0.1) is 0 Å². The van der Waals surface area contributed by atoms with Crippen LogP contribution in [0.4, 0.5) is 0 Å². The Morgan fingerprint density at radius 3 is 3.11 bits per heavy atom. The molecule has 1 aliphatic carbocycles. The SMILES string of the molecule is O=CNNC1=CCCC1. The smallest absolute Gasteiger partial charge is 0.225 e. The number of nitrogens with one attached hydrogen (secondary N) is 2. The molecule has 0 aromatic heterocycles. The van der Waals surface area contributed by atoms with Gasteiger partial charge in [0.2, 0.25) is 6.41 Å². The fourth-order valence-electron chi connectivity index (χ4n) is 0.907. The summed E-state index contributed by atoms with van der Waals surface area (Å²) in [5, 5.41) is 0. The summed E-state index contributed by atoms with van der Waals surface area (Å²) in [7, 11) is 0. The average Bonchev–Trinajstić information content (AvgIpc) is 2.34. The summed E-state index contributed by atoms with van der Waals surface area (Å²) in [4.78, 5) is 9.76. The van der Waals surface area contributed by atoms with Crippen LogP contribution in [-0.2, 0) is 4.79 Å². The molecule has 9 heavy (non-hydrogen) atoms. The zero-order chi connectivity index (χ0) is 6.53. The summed E-state index contributed by atoms with van der Waals surface area (Å²) < 4.78 is 0. The fourth-order valence-corrected chi connectivity index (χ4v) is 0.907. The van der Waals surface area contributed by atoms with Crippen LogP contribution in [0.15, 0.2) is 11.8 Å². The molecule has 50 valence electrons. The molecule has 0 fully saturated rings. The maximum absolute atomic E-state index is 9.76. The molecule has 1 aliphatic rings. The van der Waals surface area contributed by atoms with Crippen LogP contribution in [0.5, 0.6) is 0 Å². The van der Waals surface area contributed by atoms with Gasteiger partial charge in [-0.05, 0) is 19.3 Å². The second-order valence-electron chi connectivity index (χ2n) is 2.01. The summed E-state index contributed by atoms with van der Waals surface area (Å²) in [5.74, 6) is 0. The van der Waals surface area contributed by atoms with Gasteiger partial charge in [0.1, 0.15) is 0 Å². The van der Waals surface area contributed by atoms with Crippen molar-refractivity contribution in [3.63, 3.8) is 0 Å². The van der Waals surface area contributed by atoms with Crippen LogP contribution in [0.1, 0.15) is 19.3 Å². The largest absolute Gasteiger partial charge is 0.303 e. The number of carbonyl (C=O) groups excluding carboxylic acids is 1. The average molecular weight is 126 g/mol. The lowest BCUT2D eigenvalue weighted by atomic mass is 10.3. The fraction of sp³-hybridized carbons (Fsp3) is 0.500. The van der Waals surface area contributed by atoms with Crippen molar-refractivity contribution in [3.05, 3.63) is 11.8 Å². The summed E-state index contributed by atoms with van der Waals surface area (Å²) >= 11 is 0. The van der Waals surface area contributed by atoms with E-state index in [-0.39, 0.29) is 0 Å². The molecular weight excluding hydrogens is 116 g/mol. The molecule has 0 saturated heterocycles. The maximum Gasteiger partial charge on any atom is 0.225 e. The molecule has 0 aromatic rings. The third-order valence-electron chi connectivity index (χ3n) is 1.33. The summed E-state index contributed by atoms with van der Waals surface area (Å²) in [6.45, 7) is 0. The first-order chi connectivity index (χ1) is 4.43. The van der Waals surface area contributed by atoms with E-state index in [2.05, 4.69) is 16.9 Å². The number of hydrazine groups is 1. The van der Waals surface area contributed by atoms with E-state index >= 15 is 0 Å². The zero-order valence-electron chi connectivity index (χ0n) is 5.18. The second-order valence-corrected chi connectivity index (χ2v) is 2.01. The second kappa shape index (κ2) is 3.12. The van der Waals surface area contributed by atoms with Crippen molar-refractivity contribution in [1.82, 2.24) is 10.9 Å². The number of hydrogen-bond donors (Lipinski definition) is 2. The quantitative estimate of drug-likeness (QED) is 0.422. The lowest BCUT2D eigenvalue weighted by Gasteiger charge is -2.01. The molecule has 0 radical (unpaired) electrons. The van der Waals surface area contributed by atoms with Gasteiger partial charge >= 0.3 is 0 Å². The van der Waals surface area contributed by atoms with Crippen molar-refractivity contribution in [2.24, 2.45) is 0 Å². The van der Waals surface area contributed by atoms with Crippen molar-refractivity contribution in [3.8, 4) is 0 Å². The van der Waals surface area contributed by atoms with Gasteiger partial charge in [-0.25, -0.2) is 0 Å². The number of amides is 1. The first-order valence-corrected chi connectivity index (χ1v) is 3.07. The molecule has 3 nitrogen and oxygen atoms in total. The van der Waals surface area contributed by atoms with E-state index in [4.69, 9.17) is 0 Å². The Morgan fingerprint density at radius 1 is 1.67 bits per heavy atom. The Kier molecular flexibility index (Phi) is 2.13. The topological polar surface area (TPSA) is 41.1 Å². The van der Waals surface area contributed by atoms with E-state index in [1.54, 1.807) is 0 Å². The van der Waals surface area contributed by atoms with Crippen LogP contribution in [0.3, 0.4) is 0 Å². The molecule has 3 heteroatoms. The first kappa shape index (κ1) is 6.13. The number of carbonyl (C=O) groups is 1. The van der Waals surface area contributed by atoms with Gasteiger partial charge in [0, 0.05) is 5.70 Å². The highest BCUT2D eigenvalue weighted by atomic mass is 16.1. The molecule has 1 amide bonds. The molecule has 0 atom stereocenters. The Hall–Kier alpha value is -0.990. The van der Waals surface area contributed by atoms with Gasteiger partial charge in [0.25, 0.3) is 0 Å². The number of hydrogen-bond acceptors (Lipinski definition) is 2. The Bertz CT molecular complexity index is 131. The standard InChI is InChI=1S/C6H10N2O/c9-5-7-8-6-3-1-2-4-6/h3,5,8H,1-2,4H2,(H,7,9). The van der Waals surface area contributed by atoms with E-state index in [0.29, 0.717) is 6.41 Å². The van der Waals surface area contributed by atoms with Crippen LogP contribution in [-0.4, -0.2) is 6.41 Å². The zero-order valence-corrected chi connectivity index (χ0v) is 5.18. The lowest BCUT2D eigenvalue weighted by Crippen LogP contribution is -2.28. The van der Waals surface area contributed by atoms with Gasteiger partial charge < -0.3 is 5.43 Å². The highest BCUT2D eigenvalue weighted by Gasteiger charge is 2.01. The van der Waals surface area contributed by atoms with Crippen LogP contribution in [0, 0.1) is 0 Å². The van der Waals surface area contributed by atoms with Gasteiger partial charge in [-0.3, -0.25) is 10.2 Å². The van der Waals surface area contributed by atoms with Crippen molar-refractivity contribution < 1.29 is 4.79 Å². The third kappa shape index (κ3) is 1.76. The molecule has 1 rings (SSSR count). The molecule has 2 N–H and O–H groups in total. The molecular formula is C6H10N2O. The molecule has 0 spiro atoms. The molecule has 0 unspecified atom stereocenters. The Labute approximate surface area is 54.1 Å². The minimum absolute atomic E-state index is 0.638. The number of allylic oxidation sites excluding steroid dienone is 2. The molecule has 0 saturated carbocycles. The highest BCUT2D eigenvalue weighted by Crippen LogP contribution is 2.13. The molecule has 0 aromatic carbocycles. The monoisotopic (exact) mass is 126 g/mol. The Balaban J connectivity index is 2.18. The van der Waals surface area contributed by atoms with E-state index < -0.39 is 0 Å². The van der Waals surface area contributed by atoms with E-state index in [0.717, 1.165) is 18.5 Å². The predicted molar refractivity (Wildman–Crippen MR) is 34.3 cm³/mol. The van der Waals surface area contributed by atoms with Gasteiger partial charge in [0.15, 0.2) is 0 Å². The maximum atomic E-state index is 9.76. The van der Waals surface area contributed by atoms with Gasteiger partial charge in [-0.1, -0.05) is 6.08 Å². The van der Waals surface area contributed by atoms with Crippen LogP contribution in [0.25, 0.3) is 0 Å². The molecule has 0 bridgehead atoms. The minimum atomic E-state index is 0.638. The van der Waals surface area contributed by atoms with Gasteiger partial charge in [-0.2, -0.15) is 0 Å². The van der Waals surface area contributed by atoms with Crippen molar-refractivity contribution in [2.45, 2.75) is 19.3 Å². The Morgan fingerprint density at radius 2 is 2.56 bits per heavy atom. The third-order valence-corrected chi connectivity index (χ3v) is 1.33. The highest BCUT2D eigenvalue weighted by molar-refractivity contribution is 5.45.